The average Bonchev–Trinajstić information content (AvgIpc) is 3.53. The van der Waals surface area contributed by atoms with Gasteiger partial charge in [-0.2, -0.15) is 4.98 Å². The van der Waals surface area contributed by atoms with E-state index in [0.29, 0.717) is 47.8 Å². The zero-order valence-corrected chi connectivity index (χ0v) is 17.2. The van der Waals surface area contributed by atoms with Gasteiger partial charge in [0.2, 0.25) is 24.6 Å². The third kappa shape index (κ3) is 3.39. The predicted molar refractivity (Wildman–Crippen MR) is 111 cm³/mol. The van der Waals surface area contributed by atoms with E-state index in [2.05, 4.69) is 10.1 Å². The van der Waals surface area contributed by atoms with Crippen LogP contribution in [0.1, 0.15) is 24.7 Å². The van der Waals surface area contributed by atoms with Gasteiger partial charge in [-0.05, 0) is 43.2 Å². The summed E-state index contributed by atoms with van der Waals surface area (Å²) >= 11 is 0. The van der Waals surface area contributed by atoms with Gasteiger partial charge in [0.1, 0.15) is 6.61 Å². The molecular formula is C23H21N3O6. The fourth-order valence-electron chi connectivity index (χ4n) is 4.25. The summed E-state index contributed by atoms with van der Waals surface area (Å²) in [6.07, 6.45) is 0.875. The number of likely N-dealkylation sites (tertiary alicyclic amines) is 1. The number of carbonyl (C=O) groups is 1. The first-order valence-corrected chi connectivity index (χ1v) is 10.7. The number of hydrogen-bond donors (Lipinski definition) is 0. The molecule has 0 bridgehead atoms. The normalized spacial score (nSPS) is 19.8. The van der Waals surface area contributed by atoms with Gasteiger partial charge in [-0.3, -0.25) is 4.79 Å². The highest BCUT2D eigenvalue weighted by Crippen LogP contribution is 2.36. The Hall–Kier alpha value is -3.75. The first-order valence-electron chi connectivity index (χ1n) is 10.7. The minimum atomic E-state index is -0.623. The molecule has 0 N–H and O–H groups in total. The Balaban J connectivity index is 1.08. The number of nitrogens with zero attached hydrogens (tertiary/aromatic N) is 3. The van der Waals surface area contributed by atoms with Crippen LogP contribution in [0.2, 0.25) is 0 Å². The second-order valence-corrected chi connectivity index (χ2v) is 7.99. The molecule has 0 saturated carbocycles. The summed E-state index contributed by atoms with van der Waals surface area (Å²) in [5.74, 6) is 3.84. The molecule has 1 atom stereocenters. The van der Waals surface area contributed by atoms with Gasteiger partial charge in [0, 0.05) is 24.6 Å². The Morgan fingerprint density at radius 2 is 1.72 bits per heavy atom. The molecule has 0 aliphatic carbocycles. The van der Waals surface area contributed by atoms with Crippen LogP contribution in [0.15, 0.2) is 47.0 Å². The summed E-state index contributed by atoms with van der Waals surface area (Å²) in [4.78, 5) is 19.4. The molecule has 3 aromatic rings. The van der Waals surface area contributed by atoms with Crippen molar-refractivity contribution in [3.8, 4) is 34.4 Å². The maximum Gasteiger partial charge on any atom is 0.267 e. The fourth-order valence-corrected chi connectivity index (χ4v) is 4.25. The van der Waals surface area contributed by atoms with Crippen molar-refractivity contribution < 1.29 is 28.3 Å². The molecule has 1 aromatic heterocycles. The SMILES string of the molecule is O=C([C@H]1COc2ccccc2O1)N1CCC(c2nc(-c3ccc4c(c3)OCO4)no2)CC1. The van der Waals surface area contributed by atoms with Crippen LogP contribution < -0.4 is 18.9 Å². The van der Waals surface area contributed by atoms with Gasteiger partial charge in [0.25, 0.3) is 5.91 Å². The second kappa shape index (κ2) is 7.74. The van der Waals surface area contributed by atoms with Gasteiger partial charge in [-0.1, -0.05) is 17.3 Å². The van der Waals surface area contributed by atoms with Crippen molar-refractivity contribution in [3.05, 3.63) is 48.4 Å². The molecule has 1 fully saturated rings. The lowest BCUT2D eigenvalue weighted by Gasteiger charge is -2.34. The number of piperidine rings is 1. The summed E-state index contributed by atoms with van der Waals surface area (Å²) in [5.41, 5.74) is 0.812. The summed E-state index contributed by atoms with van der Waals surface area (Å²) in [6, 6.07) is 13.0. The molecule has 164 valence electrons. The third-order valence-corrected chi connectivity index (χ3v) is 6.01. The van der Waals surface area contributed by atoms with E-state index in [1.807, 2.05) is 47.4 Å². The number of benzene rings is 2. The van der Waals surface area contributed by atoms with E-state index in [1.165, 1.54) is 0 Å². The predicted octanol–water partition coefficient (Wildman–Crippen LogP) is 3.01. The number of hydrogen-bond acceptors (Lipinski definition) is 8. The minimum Gasteiger partial charge on any atom is -0.485 e. The number of rotatable bonds is 3. The van der Waals surface area contributed by atoms with E-state index in [9.17, 15) is 4.79 Å². The molecule has 0 spiro atoms. The average molecular weight is 435 g/mol. The van der Waals surface area contributed by atoms with Crippen molar-refractivity contribution in [1.82, 2.24) is 15.0 Å². The van der Waals surface area contributed by atoms with Crippen LogP contribution in [0.4, 0.5) is 0 Å². The molecule has 4 heterocycles. The molecule has 1 saturated heterocycles. The maximum atomic E-state index is 12.9. The number of para-hydroxylation sites is 2. The number of fused-ring (bicyclic) bond motifs is 2. The molecule has 0 radical (unpaired) electrons. The Morgan fingerprint density at radius 1 is 0.938 bits per heavy atom. The maximum absolute atomic E-state index is 12.9. The van der Waals surface area contributed by atoms with Gasteiger partial charge in [-0.25, -0.2) is 0 Å². The zero-order valence-electron chi connectivity index (χ0n) is 17.2. The second-order valence-electron chi connectivity index (χ2n) is 7.99. The monoisotopic (exact) mass is 435 g/mol. The molecule has 0 unspecified atom stereocenters. The van der Waals surface area contributed by atoms with E-state index >= 15 is 0 Å². The van der Waals surface area contributed by atoms with Crippen LogP contribution in [0, 0.1) is 0 Å². The topological polar surface area (TPSA) is 96.2 Å². The van der Waals surface area contributed by atoms with Crippen LogP contribution >= 0.6 is 0 Å². The summed E-state index contributed by atoms with van der Waals surface area (Å²) in [5, 5.41) is 4.14. The Bertz CT molecular complexity index is 1150. The lowest BCUT2D eigenvalue weighted by molar-refractivity contribution is -0.142. The lowest BCUT2D eigenvalue weighted by Crippen LogP contribution is -2.48. The summed E-state index contributed by atoms with van der Waals surface area (Å²) < 4.78 is 27.9. The van der Waals surface area contributed by atoms with Crippen molar-refractivity contribution in [2.24, 2.45) is 0 Å². The van der Waals surface area contributed by atoms with Gasteiger partial charge in [0.15, 0.2) is 23.0 Å². The van der Waals surface area contributed by atoms with Crippen molar-refractivity contribution in [2.75, 3.05) is 26.5 Å². The van der Waals surface area contributed by atoms with Crippen LogP contribution in [0.5, 0.6) is 23.0 Å². The standard InChI is InChI=1S/C23H21N3O6/c27-23(20-12-28-16-3-1-2-4-18(16)31-20)26-9-7-14(8-10-26)22-24-21(25-32-22)15-5-6-17-19(11-15)30-13-29-17/h1-6,11,14,20H,7-10,12-13H2/t20-/m1/s1. The van der Waals surface area contributed by atoms with E-state index < -0.39 is 6.10 Å². The number of carbonyl (C=O) groups excluding carboxylic acids is 1. The molecule has 32 heavy (non-hydrogen) atoms. The van der Waals surface area contributed by atoms with Gasteiger partial charge in [0.05, 0.1) is 0 Å². The minimum absolute atomic E-state index is 0.0514. The zero-order chi connectivity index (χ0) is 21.5. The molecule has 2 aromatic carbocycles. The smallest absolute Gasteiger partial charge is 0.267 e. The first-order chi connectivity index (χ1) is 15.7. The Morgan fingerprint density at radius 3 is 2.59 bits per heavy atom. The van der Waals surface area contributed by atoms with Gasteiger partial charge >= 0.3 is 0 Å². The highest BCUT2D eigenvalue weighted by molar-refractivity contribution is 5.82. The van der Waals surface area contributed by atoms with E-state index in [1.54, 1.807) is 0 Å². The number of ether oxygens (including phenoxy) is 4. The van der Waals surface area contributed by atoms with E-state index in [4.69, 9.17) is 23.5 Å². The Labute approximate surface area is 183 Å². The van der Waals surface area contributed by atoms with Gasteiger partial charge in [-0.15, -0.1) is 0 Å². The summed E-state index contributed by atoms with van der Waals surface area (Å²) in [6.45, 7) is 1.65. The van der Waals surface area contributed by atoms with Crippen molar-refractivity contribution >= 4 is 5.91 Å². The fraction of sp³-hybridized carbons (Fsp3) is 0.348. The van der Waals surface area contributed by atoms with Crippen molar-refractivity contribution in [2.45, 2.75) is 24.9 Å². The van der Waals surface area contributed by atoms with Gasteiger partial charge < -0.3 is 28.4 Å². The van der Waals surface area contributed by atoms with Crippen LogP contribution in [0.25, 0.3) is 11.4 Å². The summed E-state index contributed by atoms with van der Waals surface area (Å²) in [7, 11) is 0. The highest BCUT2D eigenvalue weighted by atomic mass is 16.7. The van der Waals surface area contributed by atoms with E-state index in [0.717, 1.165) is 18.4 Å². The molecule has 3 aliphatic rings. The first kappa shape index (κ1) is 19.0. The molecular weight excluding hydrogens is 414 g/mol. The quantitative estimate of drug-likeness (QED) is 0.620. The van der Waals surface area contributed by atoms with Crippen LogP contribution in [-0.2, 0) is 4.79 Å². The largest absolute Gasteiger partial charge is 0.485 e. The molecule has 9 heteroatoms. The Kier molecular flexibility index (Phi) is 4.59. The third-order valence-electron chi connectivity index (χ3n) is 6.01. The van der Waals surface area contributed by atoms with Crippen molar-refractivity contribution in [1.29, 1.82) is 0 Å². The van der Waals surface area contributed by atoms with E-state index in [-0.39, 0.29) is 25.2 Å². The molecule has 6 rings (SSSR count). The highest BCUT2D eigenvalue weighted by Gasteiger charge is 2.34. The molecule has 1 amide bonds. The number of aromatic nitrogens is 2. The molecule has 9 nitrogen and oxygen atoms in total. The lowest BCUT2D eigenvalue weighted by atomic mass is 9.96. The van der Waals surface area contributed by atoms with Crippen LogP contribution in [0.3, 0.4) is 0 Å². The van der Waals surface area contributed by atoms with Crippen molar-refractivity contribution in [3.63, 3.8) is 0 Å². The van der Waals surface area contributed by atoms with Crippen LogP contribution in [-0.4, -0.2) is 53.5 Å². The molecule has 3 aliphatic heterocycles. The number of amides is 1.